The summed E-state index contributed by atoms with van der Waals surface area (Å²) in [5.41, 5.74) is 0.116. The molecule has 0 heterocycles. The van der Waals surface area contributed by atoms with Gasteiger partial charge in [-0.25, -0.2) is 9.59 Å². The van der Waals surface area contributed by atoms with Crippen LogP contribution in [0.5, 0.6) is 11.5 Å². The summed E-state index contributed by atoms with van der Waals surface area (Å²) in [6.45, 7) is 12.4. The van der Waals surface area contributed by atoms with Crippen LogP contribution in [0.15, 0.2) is 49.1 Å². The Bertz CT molecular complexity index is 1030. The number of benzene rings is 2. The fourth-order valence-corrected chi connectivity index (χ4v) is 2.77. The van der Waals surface area contributed by atoms with Crippen LogP contribution in [-0.4, -0.2) is 41.3 Å². The van der Waals surface area contributed by atoms with Gasteiger partial charge in [0, 0.05) is 5.69 Å². The van der Waals surface area contributed by atoms with Crippen LogP contribution in [0.1, 0.15) is 65.7 Å². The van der Waals surface area contributed by atoms with Gasteiger partial charge in [-0.2, -0.15) is 0 Å². The molecule has 0 radical (unpaired) electrons. The van der Waals surface area contributed by atoms with Crippen molar-refractivity contribution >= 4 is 23.5 Å². The van der Waals surface area contributed by atoms with Gasteiger partial charge in [0.05, 0.1) is 17.2 Å². The van der Waals surface area contributed by atoms with Gasteiger partial charge in [0.2, 0.25) is 0 Å². The molecule has 0 aliphatic carbocycles. The van der Waals surface area contributed by atoms with E-state index in [0.29, 0.717) is 11.3 Å². The fourth-order valence-electron chi connectivity index (χ4n) is 2.77. The third kappa shape index (κ3) is 7.10. The maximum absolute atomic E-state index is 13.0. The largest absolute Gasteiger partial charge is 0.486 e. The number of carboxylic acids is 1. The molecule has 8 nitrogen and oxygen atoms in total. The van der Waals surface area contributed by atoms with Crippen molar-refractivity contribution < 1.29 is 33.7 Å². The molecular formula is C25H29NO7. The van der Waals surface area contributed by atoms with Crippen LogP contribution in [0.25, 0.3) is 0 Å². The topological polar surface area (TPSA) is 111 Å². The molecule has 0 aliphatic rings. The van der Waals surface area contributed by atoms with Crippen molar-refractivity contribution in [1.82, 2.24) is 0 Å². The van der Waals surface area contributed by atoms with E-state index in [1.807, 2.05) is 0 Å². The third-order valence-electron chi connectivity index (χ3n) is 4.06. The van der Waals surface area contributed by atoms with E-state index in [-0.39, 0.29) is 35.3 Å². The van der Waals surface area contributed by atoms with Crippen molar-refractivity contribution in [2.75, 3.05) is 11.9 Å². The second kappa shape index (κ2) is 10.7. The zero-order valence-electron chi connectivity index (χ0n) is 19.4. The smallest absolute Gasteiger partial charge is 0.339 e. The SMILES string of the molecule is C=CCOc1c(C(=O)Nc2ccc(C(=O)OC(C)(C)C)cc2)ccc(C(=O)O)c1OC(C)C. The standard InChI is InChI=1S/C25H29NO7/c1-7-14-31-20-18(12-13-19(23(28)29)21(20)32-15(2)3)22(27)26-17-10-8-16(9-11-17)24(30)33-25(4,5)6/h7-13,15H,1,14H2,2-6H3,(H,26,27)(H,28,29). The number of amides is 1. The molecule has 33 heavy (non-hydrogen) atoms. The summed E-state index contributed by atoms with van der Waals surface area (Å²) in [6, 6.07) is 8.87. The Kier molecular flexibility index (Phi) is 8.23. The lowest BCUT2D eigenvalue weighted by Gasteiger charge is -2.20. The minimum Gasteiger partial charge on any atom is -0.486 e. The number of esters is 1. The summed E-state index contributed by atoms with van der Waals surface area (Å²) in [5, 5.41) is 12.3. The molecule has 0 saturated heterocycles. The highest BCUT2D eigenvalue weighted by Gasteiger charge is 2.25. The Morgan fingerprint density at radius 1 is 1.03 bits per heavy atom. The Hall–Kier alpha value is -3.81. The van der Waals surface area contributed by atoms with E-state index in [9.17, 15) is 19.5 Å². The zero-order valence-corrected chi connectivity index (χ0v) is 19.4. The number of hydrogen-bond acceptors (Lipinski definition) is 6. The highest BCUT2D eigenvalue weighted by Crippen LogP contribution is 2.37. The number of carbonyl (C=O) groups is 3. The summed E-state index contributed by atoms with van der Waals surface area (Å²) in [7, 11) is 0. The maximum Gasteiger partial charge on any atom is 0.339 e. The molecule has 0 aliphatic heterocycles. The monoisotopic (exact) mass is 455 g/mol. The van der Waals surface area contributed by atoms with E-state index < -0.39 is 23.4 Å². The van der Waals surface area contributed by atoms with Gasteiger partial charge in [-0.05, 0) is 71.0 Å². The van der Waals surface area contributed by atoms with Gasteiger partial charge >= 0.3 is 11.9 Å². The highest BCUT2D eigenvalue weighted by atomic mass is 16.6. The van der Waals surface area contributed by atoms with Crippen molar-refractivity contribution in [1.29, 1.82) is 0 Å². The van der Waals surface area contributed by atoms with Gasteiger partial charge in [-0.15, -0.1) is 0 Å². The van der Waals surface area contributed by atoms with E-state index in [0.717, 1.165) is 0 Å². The number of hydrogen-bond donors (Lipinski definition) is 2. The molecule has 2 aromatic rings. The number of aromatic carboxylic acids is 1. The summed E-state index contributed by atoms with van der Waals surface area (Å²) >= 11 is 0. The number of rotatable bonds is 9. The molecule has 0 unspecified atom stereocenters. The fraction of sp³-hybridized carbons (Fsp3) is 0.320. The Morgan fingerprint density at radius 3 is 2.15 bits per heavy atom. The quantitative estimate of drug-likeness (QED) is 0.407. The lowest BCUT2D eigenvalue weighted by atomic mass is 10.1. The minimum atomic E-state index is -1.21. The molecule has 2 N–H and O–H groups in total. The predicted octanol–water partition coefficient (Wildman–Crippen LogP) is 4.94. The molecule has 0 aromatic heterocycles. The second-order valence-electron chi connectivity index (χ2n) is 8.42. The minimum absolute atomic E-state index is 0.00590. The van der Waals surface area contributed by atoms with Gasteiger partial charge < -0.3 is 24.6 Å². The first-order chi connectivity index (χ1) is 15.4. The van der Waals surface area contributed by atoms with E-state index in [1.165, 1.54) is 18.2 Å². The van der Waals surface area contributed by atoms with Gasteiger partial charge in [0.15, 0.2) is 11.5 Å². The normalized spacial score (nSPS) is 11.0. The molecule has 0 spiro atoms. The molecule has 0 fully saturated rings. The molecule has 2 aromatic carbocycles. The number of anilines is 1. The number of carbonyl (C=O) groups excluding carboxylic acids is 2. The van der Waals surface area contributed by atoms with Crippen molar-refractivity contribution in [3.63, 3.8) is 0 Å². The number of ether oxygens (including phenoxy) is 3. The molecule has 1 amide bonds. The number of nitrogens with one attached hydrogen (secondary N) is 1. The van der Waals surface area contributed by atoms with Crippen LogP contribution in [0.2, 0.25) is 0 Å². The van der Waals surface area contributed by atoms with Gasteiger partial charge in [-0.3, -0.25) is 4.79 Å². The van der Waals surface area contributed by atoms with Crippen LogP contribution < -0.4 is 14.8 Å². The molecule has 176 valence electrons. The lowest BCUT2D eigenvalue weighted by molar-refractivity contribution is 0.00692. The average molecular weight is 456 g/mol. The van der Waals surface area contributed by atoms with E-state index in [1.54, 1.807) is 58.9 Å². The van der Waals surface area contributed by atoms with Crippen LogP contribution in [0.3, 0.4) is 0 Å². The van der Waals surface area contributed by atoms with Crippen LogP contribution in [0.4, 0.5) is 5.69 Å². The molecule has 8 heteroatoms. The molecule has 0 saturated carbocycles. The lowest BCUT2D eigenvalue weighted by Crippen LogP contribution is -2.23. The van der Waals surface area contributed by atoms with Crippen molar-refractivity contribution in [3.8, 4) is 11.5 Å². The first-order valence-corrected chi connectivity index (χ1v) is 10.4. The van der Waals surface area contributed by atoms with Gasteiger partial charge in [0.25, 0.3) is 5.91 Å². The molecule has 2 rings (SSSR count). The highest BCUT2D eigenvalue weighted by molar-refractivity contribution is 6.08. The van der Waals surface area contributed by atoms with Crippen LogP contribution >= 0.6 is 0 Å². The molecule has 0 bridgehead atoms. The summed E-state index contributed by atoms with van der Waals surface area (Å²) < 4.78 is 16.7. The summed E-state index contributed by atoms with van der Waals surface area (Å²) in [6.07, 6.45) is 1.12. The summed E-state index contributed by atoms with van der Waals surface area (Å²) in [5.74, 6) is -2.25. The van der Waals surface area contributed by atoms with Crippen LogP contribution in [0, 0.1) is 0 Å². The van der Waals surface area contributed by atoms with Crippen LogP contribution in [-0.2, 0) is 4.74 Å². The van der Waals surface area contributed by atoms with E-state index in [4.69, 9.17) is 14.2 Å². The van der Waals surface area contributed by atoms with Gasteiger partial charge in [0.1, 0.15) is 17.8 Å². The molecular weight excluding hydrogens is 426 g/mol. The summed E-state index contributed by atoms with van der Waals surface area (Å²) in [4.78, 5) is 36.9. The Balaban J connectivity index is 2.35. The maximum atomic E-state index is 13.0. The molecule has 0 atom stereocenters. The van der Waals surface area contributed by atoms with E-state index >= 15 is 0 Å². The average Bonchev–Trinajstić information content (AvgIpc) is 2.71. The first kappa shape index (κ1) is 25.5. The number of carboxylic acid groups (broad SMARTS) is 1. The van der Waals surface area contributed by atoms with E-state index in [2.05, 4.69) is 11.9 Å². The second-order valence-corrected chi connectivity index (χ2v) is 8.42. The Morgan fingerprint density at radius 2 is 1.64 bits per heavy atom. The van der Waals surface area contributed by atoms with Crippen molar-refractivity contribution in [2.45, 2.75) is 46.3 Å². The van der Waals surface area contributed by atoms with Gasteiger partial charge in [-0.1, -0.05) is 12.7 Å². The van der Waals surface area contributed by atoms with Crippen molar-refractivity contribution in [2.24, 2.45) is 0 Å². The first-order valence-electron chi connectivity index (χ1n) is 10.4. The van der Waals surface area contributed by atoms with Crippen molar-refractivity contribution in [3.05, 3.63) is 65.7 Å². The third-order valence-corrected chi connectivity index (χ3v) is 4.06. The zero-order chi connectivity index (χ0) is 24.8. The predicted molar refractivity (Wildman–Crippen MR) is 124 cm³/mol. The Labute approximate surface area is 193 Å².